The number of hydrogen-bond acceptors (Lipinski definition) is 5. The van der Waals surface area contributed by atoms with Gasteiger partial charge in [-0.05, 0) is 42.3 Å². The van der Waals surface area contributed by atoms with Gasteiger partial charge in [-0.25, -0.2) is 17.7 Å². The minimum atomic E-state index is -3.50. The van der Waals surface area contributed by atoms with E-state index in [2.05, 4.69) is 17.6 Å². The third-order valence-corrected chi connectivity index (χ3v) is 7.51. The van der Waals surface area contributed by atoms with E-state index in [4.69, 9.17) is 10.2 Å². The molecule has 2 aromatic carbocycles. The fraction of sp³-hybridized carbons (Fsp3) is 0.333. The largest absolute Gasteiger partial charge is 0.319 e. The lowest BCUT2D eigenvalue weighted by Gasteiger charge is -2.11. The van der Waals surface area contributed by atoms with Crippen molar-refractivity contribution in [2.75, 3.05) is 14.1 Å². The summed E-state index contributed by atoms with van der Waals surface area (Å²) in [5.74, 6) is 0.726. The van der Waals surface area contributed by atoms with E-state index in [1.807, 2.05) is 30.3 Å². The molecule has 0 fully saturated rings. The van der Waals surface area contributed by atoms with Crippen LogP contribution in [-0.4, -0.2) is 36.4 Å². The van der Waals surface area contributed by atoms with Crippen molar-refractivity contribution in [3.63, 3.8) is 0 Å². The molecule has 0 aliphatic heterocycles. The van der Waals surface area contributed by atoms with Crippen molar-refractivity contribution in [2.45, 2.75) is 42.1 Å². The molecule has 0 spiro atoms. The van der Waals surface area contributed by atoms with Gasteiger partial charge in [0.1, 0.15) is 0 Å². The molecule has 152 valence electrons. The zero-order valence-electron chi connectivity index (χ0n) is 16.8. The van der Waals surface area contributed by atoms with Gasteiger partial charge in [-0.1, -0.05) is 37.2 Å². The number of thioether (sulfide) groups is 1. The van der Waals surface area contributed by atoms with Crippen molar-refractivity contribution in [3.05, 3.63) is 53.6 Å². The summed E-state index contributed by atoms with van der Waals surface area (Å²) >= 11 is 1.62. The van der Waals surface area contributed by atoms with Crippen LogP contribution in [0.2, 0.25) is 0 Å². The van der Waals surface area contributed by atoms with Crippen LogP contribution < -0.4 is 0 Å². The van der Waals surface area contributed by atoms with Crippen molar-refractivity contribution in [1.29, 1.82) is 5.26 Å². The molecule has 1 heterocycles. The topological polar surface area (TPSA) is 79.0 Å². The van der Waals surface area contributed by atoms with Crippen molar-refractivity contribution < 1.29 is 8.42 Å². The summed E-state index contributed by atoms with van der Waals surface area (Å²) < 4.78 is 28.3. The maximum atomic E-state index is 12.5. The first-order chi connectivity index (χ1) is 13.9. The zero-order valence-corrected chi connectivity index (χ0v) is 18.4. The molecule has 0 aliphatic rings. The van der Waals surface area contributed by atoms with Gasteiger partial charge in [0, 0.05) is 26.4 Å². The Kier molecular flexibility index (Phi) is 6.63. The van der Waals surface area contributed by atoms with Gasteiger partial charge < -0.3 is 4.57 Å². The molecule has 0 aliphatic carbocycles. The monoisotopic (exact) mass is 428 g/mol. The van der Waals surface area contributed by atoms with Gasteiger partial charge in [0.25, 0.3) is 0 Å². The van der Waals surface area contributed by atoms with E-state index in [9.17, 15) is 8.42 Å². The Balaban J connectivity index is 1.94. The summed E-state index contributed by atoms with van der Waals surface area (Å²) in [7, 11) is -0.448. The lowest BCUT2D eigenvalue weighted by Crippen LogP contribution is -2.22. The molecule has 0 amide bonds. The molecule has 8 heteroatoms. The number of benzene rings is 2. The predicted molar refractivity (Wildman–Crippen MR) is 116 cm³/mol. The minimum Gasteiger partial charge on any atom is -0.319 e. The molecule has 0 saturated carbocycles. The van der Waals surface area contributed by atoms with Crippen LogP contribution in [0.3, 0.4) is 0 Å². The number of fused-ring (bicyclic) bond motifs is 1. The summed E-state index contributed by atoms with van der Waals surface area (Å²) in [6.45, 7) is 2.98. The van der Waals surface area contributed by atoms with Crippen LogP contribution in [0, 0.1) is 11.3 Å². The van der Waals surface area contributed by atoms with Gasteiger partial charge in [-0.3, -0.25) is 0 Å². The van der Waals surface area contributed by atoms with E-state index in [1.54, 1.807) is 23.9 Å². The third-order valence-electron chi connectivity index (χ3n) is 4.65. The Morgan fingerprint density at radius 2 is 1.90 bits per heavy atom. The number of hydrogen-bond donors (Lipinski definition) is 0. The zero-order chi connectivity index (χ0) is 21.0. The van der Waals surface area contributed by atoms with Gasteiger partial charge in [-0.2, -0.15) is 5.26 Å². The number of aryl methyl sites for hydroxylation is 1. The molecule has 29 heavy (non-hydrogen) atoms. The van der Waals surface area contributed by atoms with E-state index in [-0.39, 0.29) is 4.90 Å². The van der Waals surface area contributed by atoms with Gasteiger partial charge in [-0.15, -0.1) is 0 Å². The highest BCUT2D eigenvalue weighted by atomic mass is 32.2. The Hall–Kier alpha value is -2.34. The molecular formula is C21H24N4O2S2. The van der Waals surface area contributed by atoms with Crippen LogP contribution in [0.15, 0.2) is 52.5 Å². The average molecular weight is 429 g/mol. The van der Waals surface area contributed by atoms with Crippen molar-refractivity contribution in [1.82, 2.24) is 13.9 Å². The maximum absolute atomic E-state index is 12.5. The lowest BCUT2D eigenvalue weighted by molar-refractivity contribution is 0.521. The molecule has 3 rings (SSSR count). The van der Waals surface area contributed by atoms with Gasteiger partial charge >= 0.3 is 0 Å². The summed E-state index contributed by atoms with van der Waals surface area (Å²) in [5.41, 5.74) is 3.38. The highest BCUT2D eigenvalue weighted by molar-refractivity contribution is 7.98. The second-order valence-electron chi connectivity index (χ2n) is 6.93. The van der Waals surface area contributed by atoms with E-state index < -0.39 is 10.0 Å². The predicted octanol–water partition coefficient (Wildman–Crippen LogP) is 4.25. The molecule has 0 bridgehead atoms. The Morgan fingerprint density at radius 3 is 2.52 bits per heavy atom. The van der Waals surface area contributed by atoms with Gasteiger partial charge in [0.2, 0.25) is 10.0 Å². The molecular weight excluding hydrogens is 404 g/mol. The number of nitrogens with zero attached hydrogens (tertiary/aromatic N) is 4. The number of rotatable bonds is 8. The molecule has 0 atom stereocenters. The number of nitriles is 1. The number of aromatic nitrogens is 2. The Bertz CT molecular complexity index is 1140. The minimum absolute atomic E-state index is 0.249. The Labute approximate surface area is 176 Å². The van der Waals surface area contributed by atoms with Crippen LogP contribution in [0.25, 0.3) is 11.0 Å². The number of sulfonamides is 1. The summed E-state index contributed by atoms with van der Waals surface area (Å²) in [6, 6.07) is 14.8. The van der Waals surface area contributed by atoms with Crippen molar-refractivity contribution in [2.24, 2.45) is 0 Å². The molecule has 1 aromatic heterocycles. The number of imidazole rings is 1. The molecule has 0 unspecified atom stereocenters. The smallest absolute Gasteiger partial charge is 0.242 e. The highest BCUT2D eigenvalue weighted by Gasteiger charge is 2.20. The number of unbranched alkanes of at least 4 members (excludes halogenated alkanes) is 1. The van der Waals surface area contributed by atoms with E-state index in [1.165, 1.54) is 18.4 Å². The SMILES string of the molecule is CCCCn1c(SCc2ccc(C#N)cc2)nc2cc(S(=O)(=O)N(C)C)ccc21. The quantitative estimate of drug-likeness (QED) is 0.501. The summed E-state index contributed by atoms with van der Waals surface area (Å²) in [5, 5.41) is 9.81. The van der Waals surface area contributed by atoms with Crippen LogP contribution in [0.4, 0.5) is 0 Å². The van der Waals surface area contributed by atoms with Gasteiger partial charge in [0.05, 0.1) is 27.6 Å². The van der Waals surface area contributed by atoms with Crippen molar-refractivity contribution in [3.8, 4) is 6.07 Å². The molecule has 6 nitrogen and oxygen atoms in total. The highest BCUT2D eigenvalue weighted by Crippen LogP contribution is 2.29. The molecule has 0 saturated heterocycles. The average Bonchev–Trinajstić information content (AvgIpc) is 3.07. The van der Waals surface area contributed by atoms with Crippen LogP contribution >= 0.6 is 11.8 Å². The second kappa shape index (κ2) is 8.99. The maximum Gasteiger partial charge on any atom is 0.242 e. The second-order valence-corrected chi connectivity index (χ2v) is 10.0. The van der Waals surface area contributed by atoms with Crippen LogP contribution in [-0.2, 0) is 22.3 Å². The molecule has 0 radical (unpaired) electrons. The van der Waals surface area contributed by atoms with Crippen molar-refractivity contribution >= 4 is 32.8 Å². The van der Waals surface area contributed by atoms with E-state index >= 15 is 0 Å². The summed E-state index contributed by atoms with van der Waals surface area (Å²) in [6.07, 6.45) is 2.08. The van der Waals surface area contributed by atoms with Crippen LogP contribution in [0.5, 0.6) is 0 Å². The molecule has 0 N–H and O–H groups in total. The fourth-order valence-electron chi connectivity index (χ4n) is 2.92. The first-order valence-electron chi connectivity index (χ1n) is 9.41. The van der Waals surface area contributed by atoms with Crippen LogP contribution in [0.1, 0.15) is 30.9 Å². The normalized spacial score (nSPS) is 11.8. The van der Waals surface area contributed by atoms with Gasteiger partial charge in [0.15, 0.2) is 5.16 Å². The molecule has 3 aromatic rings. The lowest BCUT2D eigenvalue weighted by atomic mass is 10.2. The first-order valence-corrected chi connectivity index (χ1v) is 11.8. The Morgan fingerprint density at radius 1 is 1.17 bits per heavy atom. The standard InChI is InChI=1S/C21H24N4O2S2/c1-4-5-12-25-20-11-10-18(29(26,27)24(2)3)13-19(20)23-21(25)28-15-17-8-6-16(14-22)7-9-17/h6-11,13H,4-5,12,15H2,1-3H3. The fourth-order valence-corrected chi connectivity index (χ4v) is 4.84. The van der Waals surface area contributed by atoms with E-state index in [0.717, 1.165) is 41.4 Å². The first kappa shape index (κ1) is 21.4. The summed E-state index contributed by atoms with van der Waals surface area (Å²) in [4.78, 5) is 4.99. The third kappa shape index (κ3) is 4.64. The van der Waals surface area contributed by atoms with E-state index in [0.29, 0.717) is 11.1 Å².